The second kappa shape index (κ2) is 12.9. The first kappa shape index (κ1) is 15.8. The molecule has 0 bridgehead atoms. The van der Waals surface area contributed by atoms with Crippen molar-refractivity contribution < 1.29 is 5.11 Å². The number of rotatable bonds is 12. The molecule has 0 radical (unpaired) electrons. The van der Waals surface area contributed by atoms with Crippen molar-refractivity contribution in [2.24, 2.45) is 11.5 Å². The Bertz CT molecular complexity index is 125. The molecule has 4 nitrogen and oxygen atoms in total. The molecule has 98 valence electrons. The van der Waals surface area contributed by atoms with Crippen LogP contribution in [0.2, 0.25) is 0 Å². The summed E-state index contributed by atoms with van der Waals surface area (Å²) in [6.07, 6.45) is 6.64. The molecule has 0 heterocycles. The molecule has 0 aromatic carbocycles. The van der Waals surface area contributed by atoms with Gasteiger partial charge in [0.25, 0.3) is 0 Å². The Labute approximate surface area is 100.0 Å². The largest absolute Gasteiger partial charge is 0.396 e. The van der Waals surface area contributed by atoms with Crippen LogP contribution in [0.25, 0.3) is 0 Å². The number of unbranched alkanes of at least 4 members (excludes halogenated alkanes) is 3. The molecule has 0 aliphatic carbocycles. The van der Waals surface area contributed by atoms with Gasteiger partial charge in [-0.15, -0.1) is 0 Å². The summed E-state index contributed by atoms with van der Waals surface area (Å²) in [5.41, 5.74) is 11.0. The van der Waals surface area contributed by atoms with Gasteiger partial charge in [-0.3, -0.25) is 0 Å². The van der Waals surface area contributed by atoms with Crippen LogP contribution >= 0.6 is 0 Å². The molecule has 0 unspecified atom stereocenters. The fourth-order valence-corrected chi connectivity index (χ4v) is 1.77. The Hall–Kier alpha value is -0.160. The second-order valence-corrected chi connectivity index (χ2v) is 4.26. The summed E-state index contributed by atoms with van der Waals surface area (Å²) in [4.78, 5) is 2.46. The van der Waals surface area contributed by atoms with Gasteiger partial charge in [0.05, 0.1) is 0 Å². The zero-order valence-corrected chi connectivity index (χ0v) is 10.5. The van der Waals surface area contributed by atoms with E-state index < -0.39 is 0 Å². The lowest BCUT2D eigenvalue weighted by Gasteiger charge is -2.21. The van der Waals surface area contributed by atoms with Gasteiger partial charge in [0.2, 0.25) is 0 Å². The fraction of sp³-hybridized carbons (Fsp3) is 1.00. The topological polar surface area (TPSA) is 75.5 Å². The van der Waals surface area contributed by atoms with E-state index in [0.29, 0.717) is 6.61 Å². The van der Waals surface area contributed by atoms with Crippen LogP contribution in [0.3, 0.4) is 0 Å². The third-order valence-corrected chi connectivity index (χ3v) is 2.74. The minimum Gasteiger partial charge on any atom is -0.396 e. The molecule has 0 saturated heterocycles. The average Bonchev–Trinajstić information content (AvgIpc) is 2.31. The van der Waals surface area contributed by atoms with Gasteiger partial charge in [-0.2, -0.15) is 0 Å². The van der Waals surface area contributed by atoms with Crippen molar-refractivity contribution in [3.63, 3.8) is 0 Å². The summed E-state index contributed by atoms with van der Waals surface area (Å²) in [6.45, 7) is 5.19. The van der Waals surface area contributed by atoms with Crippen LogP contribution in [0, 0.1) is 0 Å². The number of nitrogens with zero attached hydrogens (tertiary/aromatic N) is 1. The van der Waals surface area contributed by atoms with Crippen molar-refractivity contribution in [2.45, 2.75) is 38.5 Å². The molecule has 0 aliphatic heterocycles. The summed E-state index contributed by atoms with van der Waals surface area (Å²) in [5.74, 6) is 0. The van der Waals surface area contributed by atoms with Crippen molar-refractivity contribution in [3.8, 4) is 0 Å². The summed E-state index contributed by atoms with van der Waals surface area (Å²) >= 11 is 0. The maximum atomic E-state index is 8.67. The molecule has 0 aromatic heterocycles. The molecule has 0 aliphatic rings. The number of hydrogen-bond donors (Lipinski definition) is 3. The first-order chi connectivity index (χ1) is 7.85. The van der Waals surface area contributed by atoms with Gasteiger partial charge in [0.1, 0.15) is 0 Å². The van der Waals surface area contributed by atoms with Gasteiger partial charge in [0, 0.05) is 6.61 Å². The summed E-state index contributed by atoms with van der Waals surface area (Å²) in [6, 6.07) is 0. The van der Waals surface area contributed by atoms with Crippen LogP contribution in [-0.2, 0) is 0 Å². The highest BCUT2D eigenvalue weighted by Crippen LogP contribution is 2.02. The van der Waals surface area contributed by atoms with Crippen LogP contribution in [-0.4, -0.2) is 49.3 Å². The second-order valence-electron chi connectivity index (χ2n) is 4.26. The van der Waals surface area contributed by atoms with Crippen molar-refractivity contribution in [1.82, 2.24) is 4.90 Å². The SMILES string of the molecule is NCCCN(CCCN)CCCCCCO. The Morgan fingerprint density at radius 3 is 1.69 bits per heavy atom. The zero-order chi connectivity index (χ0) is 12.1. The summed E-state index contributed by atoms with van der Waals surface area (Å²) in [5, 5.41) is 8.67. The number of hydrogen-bond acceptors (Lipinski definition) is 4. The maximum absolute atomic E-state index is 8.67. The highest BCUT2D eigenvalue weighted by molar-refractivity contribution is 4.59. The van der Waals surface area contributed by atoms with E-state index >= 15 is 0 Å². The summed E-state index contributed by atoms with van der Waals surface area (Å²) in [7, 11) is 0. The molecule has 0 rings (SSSR count). The number of aliphatic hydroxyl groups excluding tert-OH is 1. The van der Waals surface area contributed by atoms with Gasteiger partial charge >= 0.3 is 0 Å². The van der Waals surface area contributed by atoms with Crippen LogP contribution < -0.4 is 11.5 Å². The fourth-order valence-electron chi connectivity index (χ4n) is 1.77. The van der Waals surface area contributed by atoms with Crippen molar-refractivity contribution >= 4 is 0 Å². The molecule has 0 aromatic rings. The highest BCUT2D eigenvalue weighted by Gasteiger charge is 2.03. The lowest BCUT2D eigenvalue weighted by molar-refractivity contribution is 0.256. The van der Waals surface area contributed by atoms with E-state index in [0.717, 1.165) is 58.4 Å². The monoisotopic (exact) mass is 231 g/mol. The molecule has 16 heavy (non-hydrogen) atoms. The van der Waals surface area contributed by atoms with E-state index in [1.807, 2.05) is 0 Å². The smallest absolute Gasteiger partial charge is 0.0431 e. The van der Waals surface area contributed by atoms with E-state index in [2.05, 4.69) is 4.90 Å². The van der Waals surface area contributed by atoms with E-state index in [1.165, 1.54) is 12.8 Å². The van der Waals surface area contributed by atoms with E-state index in [9.17, 15) is 0 Å². The molecular weight excluding hydrogens is 202 g/mol. The Morgan fingerprint density at radius 1 is 0.688 bits per heavy atom. The lowest BCUT2D eigenvalue weighted by Crippen LogP contribution is -2.29. The van der Waals surface area contributed by atoms with Gasteiger partial charge in [-0.1, -0.05) is 12.8 Å². The molecule has 0 spiro atoms. The minimum absolute atomic E-state index is 0.323. The molecule has 5 N–H and O–H groups in total. The number of aliphatic hydroxyl groups is 1. The first-order valence-electron chi connectivity index (χ1n) is 6.58. The quantitative estimate of drug-likeness (QED) is 0.429. The normalized spacial score (nSPS) is 11.2. The standard InChI is InChI=1S/C12H29N3O/c13-7-5-10-15(11-6-8-14)9-3-1-2-4-12-16/h16H,1-14H2. The molecular formula is C12H29N3O. The van der Waals surface area contributed by atoms with Gasteiger partial charge in [0.15, 0.2) is 0 Å². The van der Waals surface area contributed by atoms with Gasteiger partial charge < -0.3 is 21.5 Å². The van der Waals surface area contributed by atoms with Crippen molar-refractivity contribution in [3.05, 3.63) is 0 Å². The van der Waals surface area contributed by atoms with Crippen LogP contribution in [0.1, 0.15) is 38.5 Å². The van der Waals surface area contributed by atoms with Gasteiger partial charge in [-0.05, 0) is 58.4 Å². The predicted octanol–water partition coefficient (Wildman–Crippen LogP) is 0.539. The van der Waals surface area contributed by atoms with Crippen molar-refractivity contribution in [2.75, 3.05) is 39.3 Å². The Morgan fingerprint density at radius 2 is 1.19 bits per heavy atom. The lowest BCUT2D eigenvalue weighted by atomic mass is 10.2. The summed E-state index contributed by atoms with van der Waals surface area (Å²) < 4.78 is 0. The van der Waals surface area contributed by atoms with Crippen molar-refractivity contribution in [1.29, 1.82) is 0 Å². The zero-order valence-electron chi connectivity index (χ0n) is 10.5. The van der Waals surface area contributed by atoms with E-state index in [4.69, 9.17) is 16.6 Å². The minimum atomic E-state index is 0.323. The Balaban J connectivity index is 3.48. The van der Waals surface area contributed by atoms with Crippen LogP contribution in [0.5, 0.6) is 0 Å². The maximum Gasteiger partial charge on any atom is 0.0431 e. The molecule has 0 atom stereocenters. The first-order valence-corrected chi connectivity index (χ1v) is 6.58. The third-order valence-electron chi connectivity index (χ3n) is 2.74. The third kappa shape index (κ3) is 10.4. The average molecular weight is 231 g/mol. The Kier molecular flexibility index (Phi) is 12.8. The van der Waals surface area contributed by atoms with Crippen LogP contribution in [0.15, 0.2) is 0 Å². The van der Waals surface area contributed by atoms with Gasteiger partial charge in [-0.25, -0.2) is 0 Å². The van der Waals surface area contributed by atoms with Crippen LogP contribution in [0.4, 0.5) is 0 Å². The molecule has 0 fully saturated rings. The molecule has 0 amide bonds. The highest BCUT2D eigenvalue weighted by atomic mass is 16.2. The molecule has 4 heteroatoms. The predicted molar refractivity (Wildman–Crippen MR) is 69.3 cm³/mol. The van der Waals surface area contributed by atoms with E-state index in [-0.39, 0.29) is 0 Å². The van der Waals surface area contributed by atoms with E-state index in [1.54, 1.807) is 0 Å². The number of nitrogens with two attached hydrogens (primary N) is 2. The molecule has 0 saturated carbocycles.